The summed E-state index contributed by atoms with van der Waals surface area (Å²) in [6, 6.07) is 7.01. The van der Waals surface area contributed by atoms with E-state index in [1.165, 1.54) is 7.11 Å². The summed E-state index contributed by atoms with van der Waals surface area (Å²) in [5, 5.41) is 0.700. The topological polar surface area (TPSA) is 43.4 Å². The Kier molecular flexibility index (Phi) is 3.78. The monoisotopic (exact) mass is 210 g/mol. The van der Waals surface area contributed by atoms with Crippen molar-refractivity contribution in [2.24, 2.45) is 0 Å². The molecule has 0 radical (unpaired) electrons. The Morgan fingerprint density at radius 1 is 1.36 bits per heavy atom. The molecule has 1 atom stereocenters. The first-order chi connectivity index (χ1) is 6.69. The van der Waals surface area contributed by atoms with E-state index in [9.17, 15) is 9.36 Å². The molecule has 1 aromatic carbocycles. The summed E-state index contributed by atoms with van der Waals surface area (Å²) in [6.45, 7) is 1.77. The lowest BCUT2D eigenvalue weighted by Crippen LogP contribution is -2.11. The Bertz CT molecular complexity index is 332. The summed E-state index contributed by atoms with van der Waals surface area (Å²) in [4.78, 5) is 11.2. The Hall–Kier alpha value is -1.21. The minimum atomic E-state index is -0.280. The van der Waals surface area contributed by atoms with Crippen molar-refractivity contribution >= 4 is 19.7 Å². The van der Waals surface area contributed by atoms with Gasteiger partial charge in [0.15, 0.2) is 8.46 Å². The van der Waals surface area contributed by atoms with Crippen LogP contribution in [0.25, 0.3) is 0 Å². The molecule has 1 unspecified atom stereocenters. The maximum atomic E-state index is 11.2. The molecule has 4 heteroatoms. The third-order valence-corrected chi connectivity index (χ3v) is 2.56. The van der Waals surface area contributed by atoms with Crippen LogP contribution in [-0.2, 0) is 14.1 Å². The predicted octanol–water partition coefficient (Wildman–Crippen LogP) is 1.88. The van der Waals surface area contributed by atoms with Gasteiger partial charge >= 0.3 is 5.97 Å². The molecule has 0 aliphatic rings. The number of carbonyl (C=O) groups excluding carboxylic acids is 1. The first-order valence-corrected chi connectivity index (χ1v) is 5.01. The van der Waals surface area contributed by atoms with Gasteiger partial charge in [-0.3, -0.25) is 9.36 Å². The number of hydrogen-bond acceptors (Lipinski definition) is 3. The molecule has 0 aliphatic heterocycles. The molecule has 0 saturated carbocycles. The van der Waals surface area contributed by atoms with E-state index in [1.807, 2.05) is 0 Å². The van der Waals surface area contributed by atoms with Crippen molar-refractivity contribution in [3.63, 3.8) is 0 Å². The molecular weight excluding hydrogens is 199 g/mol. The number of rotatable bonds is 3. The first kappa shape index (κ1) is 10.9. The van der Waals surface area contributed by atoms with Crippen molar-refractivity contribution in [2.75, 3.05) is 7.11 Å². The molecule has 0 spiro atoms. The van der Waals surface area contributed by atoms with Crippen molar-refractivity contribution in [1.29, 1.82) is 0 Å². The summed E-state index contributed by atoms with van der Waals surface area (Å²) in [7, 11) is 1.36. The number of benzene rings is 1. The number of esters is 1. The van der Waals surface area contributed by atoms with Crippen LogP contribution in [0, 0.1) is 0 Å². The van der Waals surface area contributed by atoms with E-state index in [4.69, 9.17) is 0 Å². The number of ether oxygens (including phenoxy) is 1. The van der Waals surface area contributed by atoms with Crippen molar-refractivity contribution < 1.29 is 14.1 Å². The molecule has 1 aromatic rings. The maximum Gasteiger partial charge on any atom is 0.312 e. The molecule has 0 saturated heterocycles. The standard InChI is InChI=1S/C10H11O3P/c1-7(10(11)13-2)8-3-5-9(14-12)6-4-8/h3-7H,1-2H3. The lowest BCUT2D eigenvalue weighted by molar-refractivity contribution is -0.141. The van der Waals surface area contributed by atoms with Crippen LogP contribution in [0.1, 0.15) is 18.4 Å². The minimum absolute atomic E-state index is 0.00712. The molecule has 0 amide bonds. The quantitative estimate of drug-likeness (QED) is 0.565. The minimum Gasteiger partial charge on any atom is -0.469 e. The predicted molar refractivity (Wildman–Crippen MR) is 54.1 cm³/mol. The lowest BCUT2D eigenvalue weighted by Gasteiger charge is -2.08. The van der Waals surface area contributed by atoms with Gasteiger partial charge in [0.1, 0.15) is 0 Å². The van der Waals surface area contributed by atoms with Crippen molar-refractivity contribution in [2.45, 2.75) is 12.8 Å². The highest BCUT2D eigenvalue weighted by Gasteiger charge is 2.14. The fraction of sp³-hybridized carbons (Fsp3) is 0.300. The second-order valence-corrected chi connectivity index (χ2v) is 3.63. The third kappa shape index (κ3) is 2.39. The van der Waals surface area contributed by atoms with Crippen LogP contribution in [0.5, 0.6) is 0 Å². The van der Waals surface area contributed by atoms with Gasteiger partial charge in [0.2, 0.25) is 0 Å². The summed E-state index contributed by atoms with van der Waals surface area (Å²) in [5.74, 6) is -0.546. The summed E-state index contributed by atoms with van der Waals surface area (Å²) < 4.78 is 15.1. The van der Waals surface area contributed by atoms with E-state index < -0.39 is 0 Å². The Morgan fingerprint density at radius 3 is 2.36 bits per heavy atom. The fourth-order valence-corrected chi connectivity index (χ4v) is 1.41. The van der Waals surface area contributed by atoms with Gasteiger partial charge in [-0.05, 0) is 24.6 Å². The van der Waals surface area contributed by atoms with Crippen LogP contribution < -0.4 is 5.30 Å². The Labute approximate surface area is 84.3 Å². The van der Waals surface area contributed by atoms with Crippen LogP contribution >= 0.6 is 8.46 Å². The molecule has 74 valence electrons. The lowest BCUT2D eigenvalue weighted by atomic mass is 10.0. The van der Waals surface area contributed by atoms with Gasteiger partial charge in [-0.1, -0.05) is 12.1 Å². The zero-order valence-electron chi connectivity index (χ0n) is 8.06. The molecule has 0 heterocycles. The highest BCUT2D eigenvalue weighted by molar-refractivity contribution is 7.34. The summed E-state index contributed by atoms with van der Waals surface area (Å²) in [5.41, 5.74) is 0.865. The van der Waals surface area contributed by atoms with E-state index in [1.54, 1.807) is 31.2 Å². The molecular formula is C10H11O3P. The largest absolute Gasteiger partial charge is 0.469 e. The number of methoxy groups -OCH3 is 1. The molecule has 0 fully saturated rings. The summed E-state index contributed by atoms with van der Waals surface area (Å²) in [6.07, 6.45) is 0. The highest BCUT2D eigenvalue weighted by atomic mass is 31.1. The second-order valence-electron chi connectivity index (χ2n) is 2.93. The van der Waals surface area contributed by atoms with E-state index in [2.05, 4.69) is 4.74 Å². The molecule has 14 heavy (non-hydrogen) atoms. The van der Waals surface area contributed by atoms with Gasteiger partial charge in [0.05, 0.1) is 13.0 Å². The molecule has 0 aromatic heterocycles. The molecule has 0 N–H and O–H groups in total. The average Bonchev–Trinajstić information content (AvgIpc) is 2.27. The van der Waals surface area contributed by atoms with Gasteiger partial charge in [-0.25, -0.2) is 0 Å². The van der Waals surface area contributed by atoms with Crippen LogP contribution in [-0.4, -0.2) is 13.1 Å². The highest BCUT2D eigenvalue weighted by Crippen LogP contribution is 2.15. The smallest absolute Gasteiger partial charge is 0.312 e. The van der Waals surface area contributed by atoms with Gasteiger partial charge in [0.25, 0.3) is 0 Å². The fourth-order valence-electron chi connectivity index (χ4n) is 1.14. The third-order valence-electron chi connectivity index (χ3n) is 2.05. The SMILES string of the molecule is COC(=O)C(C)c1ccc(P=O)cc1. The van der Waals surface area contributed by atoms with Gasteiger partial charge in [0, 0.05) is 5.30 Å². The number of carbonyl (C=O) groups is 1. The van der Waals surface area contributed by atoms with Gasteiger partial charge in [-0.15, -0.1) is 0 Å². The van der Waals surface area contributed by atoms with Crippen molar-refractivity contribution in [3.05, 3.63) is 29.8 Å². The van der Waals surface area contributed by atoms with Gasteiger partial charge < -0.3 is 4.74 Å². The molecule has 0 aliphatic carbocycles. The zero-order chi connectivity index (χ0) is 10.6. The van der Waals surface area contributed by atoms with E-state index in [-0.39, 0.29) is 20.3 Å². The first-order valence-electron chi connectivity index (χ1n) is 4.20. The molecule has 3 nitrogen and oxygen atoms in total. The molecule has 1 rings (SSSR count). The number of hydrogen-bond donors (Lipinski definition) is 0. The van der Waals surface area contributed by atoms with Crippen molar-refractivity contribution in [3.8, 4) is 0 Å². The van der Waals surface area contributed by atoms with E-state index in [0.29, 0.717) is 5.30 Å². The average molecular weight is 210 g/mol. The van der Waals surface area contributed by atoms with E-state index >= 15 is 0 Å². The van der Waals surface area contributed by atoms with Crippen molar-refractivity contribution in [1.82, 2.24) is 0 Å². The van der Waals surface area contributed by atoms with Crippen LogP contribution in [0.2, 0.25) is 0 Å². The zero-order valence-corrected chi connectivity index (χ0v) is 8.95. The van der Waals surface area contributed by atoms with Gasteiger partial charge in [-0.2, -0.15) is 0 Å². The van der Waals surface area contributed by atoms with E-state index in [0.717, 1.165) is 5.56 Å². The van der Waals surface area contributed by atoms with Crippen LogP contribution in [0.3, 0.4) is 0 Å². The maximum absolute atomic E-state index is 11.2. The second kappa shape index (κ2) is 4.87. The summed E-state index contributed by atoms with van der Waals surface area (Å²) >= 11 is 0. The Balaban J connectivity index is 2.86. The molecule has 0 bridgehead atoms. The Morgan fingerprint density at radius 2 is 1.93 bits per heavy atom. The normalized spacial score (nSPS) is 12.4. The van der Waals surface area contributed by atoms with Crippen LogP contribution in [0.4, 0.5) is 0 Å². The van der Waals surface area contributed by atoms with Crippen LogP contribution in [0.15, 0.2) is 24.3 Å².